The SMILES string of the molecule is CCCCc1nc(Cl)c(CNCC2CC3CCC2C3)[nH]1. The van der Waals surface area contributed by atoms with Crippen molar-refractivity contribution >= 4 is 11.6 Å². The molecule has 2 saturated carbocycles. The second kappa shape index (κ2) is 6.48. The van der Waals surface area contributed by atoms with Crippen LogP contribution in [0.4, 0.5) is 0 Å². The summed E-state index contributed by atoms with van der Waals surface area (Å²) in [5.41, 5.74) is 1.06. The second-order valence-corrected chi connectivity index (χ2v) is 6.98. The first-order valence-electron chi connectivity index (χ1n) is 8.20. The van der Waals surface area contributed by atoms with E-state index in [4.69, 9.17) is 11.6 Å². The van der Waals surface area contributed by atoms with Crippen LogP contribution in [-0.4, -0.2) is 16.5 Å². The van der Waals surface area contributed by atoms with E-state index in [1.54, 1.807) is 0 Å². The summed E-state index contributed by atoms with van der Waals surface area (Å²) in [5, 5.41) is 4.23. The van der Waals surface area contributed by atoms with Gasteiger partial charge in [0.2, 0.25) is 0 Å². The zero-order valence-corrected chi connectivity index (χ0v) is 13.2. The molecule has 2 N–H and O–H groups in total. The minimum absolute atomic E-state index is 0.650. The van der Waals surface area contributed by atoms with E-state index in [0.717, 1.165) is 48.8 Å². The molecule has 1 heterocycles. The number of fused-ring (bicyclic) bond motifs is 2. The molecule has 3 unspecified atom stereocenters. The number of halogens is 1. The molecule has 1 aromatic heterocycles. The Morgan fingerprint density at radius 1 is 1.35 bits per heavy atom. The number of aromatic amines is 1. The molecule has 20 heavy (non-hydrogen) atoms. The summed E-state index contributed by atoms with van der Waals surface area (Å²) in [5.74, 6) is 3.96. The van der Waals surface area contributed by atoms with Gasteiger partial charge in [-0.05, 0) is 50.0 Å². The lowest BCUT2D eigenvalue weighted by Gasteiger charge is -2.21. The highest BCUT2D eigenvalue weighted by Crippen LogP contribution is 2.47. The van der Waals surface area contributed by atoms with Crippen molar-refractivity contribution in [2.75, 3.05) is 6.54 Å². The molecular formula is C16H26ClN3. The third-order valence-corrected chi connectivity index (χ3v) is 5.45. The molecule has 3 rings (SSSR count). The summed E-state index contributed by atoms with van der Waals surface area (Å²) in [7, 11) is 0. The first-order valence-corrected chi connectivity index (χ1v) is 8.58. The molecule has 3 atom stereocenters. The van der Waals surface area contributed by atoms with Crippen molar-refractivity contribution in [1.82, 2.24) is 15.3 Å². The summed E-state index contributed by atoms with van der Waals surface area (Å²) < 4.78 is 0. The summed E-state index contributed by atoms with van der Waals surface area (Å²) >= 11 is 6.20. The van der Waals surface area contributed by atoms with Gasteiger partial charge in [-0.1, -0.05) is 31.4 Å². The van der Waals surface area contributed by atoms with Crippen molar-refractivity contribution in [1.29, 1.82) is 0 Å². The van der Waals surface area contributed by atoms with Crippen molar-refractivity contribution in [2.45, 2.75) is 58.4 Å². The number of H-pyrrole nitrogens is 1. The predicted molar refractivity (Wildman–Crippen MR) is 82.9 cm³/mol. The van der Waals surface area contributed by atoms with Crippen LogP contribution in [0.25, 0.3) is 0 Å². The highest BCUT2D eigenvalue weighted by molar-refractivity contribution is 6.30. The van der Waals surface area contributed by atoms with Gasteiger partial charge >= 0.3 is 0 Å². The molecule has 1 aromatic rings. The Kier molecular flexibility index (Phi) is 4.67. The zero-order valence-electron chi connectivity index (χ0n) is 12.4. The van der Waals surface area contributed by atoms with Gasteiger partial charge in [-0.25, -0.2) is 4.98 Å². The van der Waals surface area contributed by atoms with Crippen molar-refractivity contribution in [3.05, 3.63) is 16.7 Å². The molecule has 0 amide bonds. The van der Waals surface area contributed by atoms with Gasteiger partial charge in [-0.2, -0.15) is 0 Å². The third-order valence-electron chi connectivity index (χ3n) is 5.14. The summed E-state index contributed by atoms with van der Waals surface area (Å²) in [6, 6.07) is 0. The molecule has 2 aliphatic carbocycles. The normalized spacial score (nSPS) is 28.4. The van der Waals surface area contributed by atoms with Crippen LogP contribution in [-0.2, 0) is 13.0 Å². The van der Waals surface area contributed by atoms with E-state index >= 15 is 0 Å². The minimum atomic E-state index is 0.650. The van der Waals surface area contributed by atoms with Crippen LogP contribution in [0.15, 0.2) is 0 Å². The van der Waals surface area contributed by atoms with Crippen molar-refractivity contribution in [3.63, 3.8) is 0 Å². The van der Waals surface area contributed by atoms with E-state index in [0.29, 0.717) is 5.15 Å². The van der Waals surface area contributed by atoms with Gasteiger partial charge in [-0.3, -0.25) is 0 Å². The summed E-state index contributed by atoms with van der Waals surface area (Å²) in [4.78, 5) is 7.78. The number of imidazole rings is 1. The number of nitrogens with one attached hydrogen (secondary N) is 2. The number of aryl methyl sites for hydroxylation is 1. The largest absolute Gasteiger partial charge is 0.344 e. The van der Waals surface area contributed by atoms with Crippen LogP contribution >= 0.6 is 11.6 Å². The molecule has 0 spiro atoms. The van der Waals surface area contributed by atoms with Gasteiger partial charge in [0.25, 0.3) is 0 Å². The predicted octanol–water partition coefficient (Wildman–Crippen LogP) is 3.93. The lowest BCUT2D eigenvalue weighted by molar-refractivity contribution is 0.318. The number of hydrogen-bond acceptors (Lipinski definition) is 2. The Labute approximate surface area is 126 Å². The smallest absolute Gasteiger partial charge is 0.151 e. The van der Waals surface area contributed by atoms with E-state index in [2.05, 4.69) is 22.2 Å². The molecule has 0 aliphatic heterocycles. The first-order chi connectivity index (χ1) is 9.76. The van der Waals surface area contributed by atoms with Gasteiger partial charge in [0.15, 0.2) is 5.15 Å². The average molecular weight is 296 g/mol. The molecule has 0 saturated heterocycles. The van der Waals surface area contributed by atoms with E-state index < -0.39 is 0 Å². The van der Waals surface area contributed by atoms with Gasteiger partial charge in [0.1, 0.15) is 5.82 Å². The van der Waals surface area contributed by atoms with Crippen molar-refractivity contribution in [3.8, 4) is 0 Å². The Morgan fingerprint density at radius 2 is 2.25 bits per heavy atom. The lowest BCUT2D eigenvalue weighted by atomic mass is 9.89. The number of nitrogens with zero attached hydrogens (tertiary/aromatic N) is 1. The number of rotatable bonds is 7. The van der Waals surface area contributed by atoms with Crippen LogP contribution in [0.2, 0.25) is 5.15 Å². The van der Waals surface area contributed by atoms with Crippen LogP contribution in [0.5, 0.6) is 0 Å². The maximum Gasteiger partial charge on any atom is 0.151 e. The van der Waals surface area contributed by atoms with Crippen LogP contribution < -0.4 is 5.32 Å². The maximum absolute atomic E-state index is 6.20. The maximum atomic E-state index is 6.20. The third kappa shape index (κ3) is 3.20. The van der Waals surface area contributed by atoms with Crippen LogP contribution in [0.1, 0.15) is 57.0 Å². The average Bonchev–Trinajstić information content (AvgIpc) is 3.13. The quantitative estimate of drug-likeness (QED) is 0.800. The molecule has 2 fully saturated rings. The molecule has 4 heteroatoms. The van der Waals surface area contributed by atoms with E-state index in [-0.39, 0.29) is 0 Å². The summed E-state index contributed by atoms with van der Waals surface area (Å²) in [6.07, 6.45) is 9.23. The Hall–Kier alpha value is -0.540. The highest BCUT2D eigenvalue weighted by Gasteiger charge is 2.38. The van der Waals surface area contributed by atoms with Crippen LogP contribution in [0, 0.1) is 17.8 Å². The van der Waals surface area contributed by atoms with E-state index in [1.807, 2.05) is 0 Å². The standard InChI is InChI=1S/C16H26ClN3/c1-2-3-4-15-19-14(16(17)20-15)10-18-9-13-8-11-5-6-12(13)7-11/h11-13,18H,2-10H2,1H3,(H,19,20). The Bertz CT molecular complexity index is 443. The topological polar surface area (TPSA) is 40.7 Å². The Morgan fingerprint density at radius 3 is 2.95 bits per heavy atom. The van der Waals surface area contributed by atoms with Crippen LogP contribution in [0.3, 0.4) is 0 Å². The molecule has 0 radical (unpaired) electrons. The molecule has 2 aliphatic rings. The lowest BCUT2D eigenvalue weighted by Crippen LogP contribution is -2.26. The summed E-state index contributed by atoms with van der Waals surface area (Å²) in [6.45, 7) is 4.16. The minimum Gasteiger partial charge on any atom is -0.344 e. The molecule has 2 bridgehead atoms. The van der Waals surface area contributed by atoms with Gasteiger partial charge in [0, 0.05) is 13.0 Å². The van der Waals surface area contributed by atoms with Gasteiger partial charge in [0.05, 0.1) is 5.69 Å². The number of aromatic nitrogens is 2. The van der Waals surface area contributed by atoms with Gasteiger partial charge < -0.3 is 10.3 Å². The fourth-order valence-electron chi connectivity index (χ4n) is 4.03. The highest BCUT2D eigenvalue weighted by atomic mass is 35.5. The van der Waals surface area contributed by atoms with Gasteiger partial charge in [-0.15, -0.1) is 0 Å². The van der Waals surface area contributed by atoms with Crippen molar-refractivity contribution in [2.24, 2.45) is 17.8 Å². The Balaban J connectivity index is 1.45. The zero-order chi connectivity index (χ0) is 13.9. The molecule has 3 nitrogen and oxygen atoms in total. The number of hydrogen-bond donors (Lipinski definition) is 2. The fraction of sp³-hybridized carbons (Fsp3) is 0.812. The van der Waals surface area contributed by atoms with E-state index in [9.17, 15) is 0 Å². The monoisotopic (exact) mass is 295 g/mol. The van der Waals surface area contributed by atoms with E-state index in [1.165, 1.54) is 38.5 Å². The van der Waals surface area contributed by atoms with Crippen molar-refractivity contribution < 1.29 is 0 Å². The number of unbranched alkanes of at least 4 members (excludes halogenated alkanes) is 1. The molecule has 112 valence electrons. The molecule has 0 aromatic carbocycles. The second-order valence-electron chi connectivity index (χ2n) is 6.62. The first kappa shape index (κ1) is 14.4. The fourth-order valence-corrected chi connectivity index (χ4v) is 4.24. The molecular weight excluding hydrogens is 270 g/mol.